The molecule has 1 rings (SSSR count). The predicted molar refractivity (Wildman–Crippen MR) is 161 cm³/mol. The third-order valence-corrected chi connectivity index (χ3v) is 6.72. The molecule has 0 spiro atoms. The van der Waals surface area contributed by atoms with E-state index < -0.39 is 35.0 Å². The molecule has 1 N–H and O–H groups in total. The van der Waals surface area contributed by atoms with Gasteiger partial charge in [-0.25, -0.2) is 8.78 Å². The van der Waals surface area contributed by atoms with Gasteiger partial charge in [0.2, 0.25) is 23.3 Å². The van der Waals surface area contributed by atoms with Crippen molar-refractivity contribution >= 4 is 11.9 Å². The number of hydrogen-bond acceptors (Lipinski definition) is 6. The van der Waals surface area contributed by atoms with E-state index in [-0.39, 0.29) is 38.2 Å². The maximum Gasteiger partial charge on any atom is 0.313 e. The first-order valence-electron chi connectivity index (χ1n) is 16.0. The van der Waals surface area contributed by atoms with Crippen LogP contribution in [-0.2, 0) is 23.8 Å². The summed E-state index contributed by atoms with van der Waals surface area (Å²) < 4.78 is 73.6. The van der Waals surface area contributed by atoms with Gasteiger partial charge in [0.1, 0.15) is 0 Å². The Morgan fingerprint density at radius 2 is 1.16 bits per heavy atom. The molecule has 0 aliphatic heterocycles. The van der Waals surface area contributed by atoms with Crippen molar-refractivity contribution in [3.8, 4) is 5.75 Å². The van der Waals surface area contributed by atoms with Crippen molar-refractivity contribution in [1.82, 2.24) is 5.32 Å². The molecule has 1 aromatic carbocycles. The van der Waals surface area contributed by atoms with E-state index in [1.807, 2.05) is 0 Å². The van der Waals surface area contributed by atoms with E-state index in [2.05, 4.69) is 29.1 Å². The number of rotatable bonds is 28. The van der Waals surface area contributed by atoms with Gasteiger partial charge in [-0.3, -0.25) is 9.59 Å². The highest BCUT2D eigenvalue weighted by Gasteiger charge is 2.22. The summed E-state index contributed by atoms with van der Waals surface area (Å²) in [6.45, 7) is 3.89. The number of unbranched alkanes of at least 4 members (excludes halogenated alkanes) is 11. The van der Waals surface area contributed by atoms with Gasteiger partial charge in [-0.15, -0.1) is 0 Å². The normalized spacial score (nSPS) is 11.4. The largest absolute Gasteiger partial charge is 0.420 e. The number of halogens is 4. The van der Waals surface area contributed by atoms with E-state index in [0.717, 1.165) is 25.7 Å². The summed E-state index contributed by atoms with van der Waals surface area (Å²) in [5.74, 6) is -9.41. The van der Waals surface area contributed by atoms with Crippen LogP contribution in [0.4, 0.5) is 17.6 Å². The fourth-order valence-electron chi connectivity index (χ4n) is 4.21. The molecular formula is C33H51F4NO6. The van der Waals surface area contributed by atoms with Gasteiger partial charge in [0.05, 0.1) is 46.1 Å². The summed E-state index contributed by atoms with van der Waals surface area (Å²) in [6.07, 6.45) is 20.7. The number of ether oxygens (including phenoxy) is 4. The SMILES string of the molecule is CCCCCCCC/C=C\CCCCCCCC(=O)NCCOCCOCCOCCC(=O)Oc1c(F)c(F)cc(F)c1F. The van der Waals surface area contributed by atoms with E-state index in [0.29, 0.717) is 32.8 Å². The van der Waals surface area contributed by atoms with Gasteiger partial charge in [0.25, 0.3) is 0 Å². The first-order valence-corrected chi connectivity index (χ1v) is 16.0. The van der Waals surface area contributed by atoms with Gasteiger partial charge in [0, 0.05) is 19.0 Å². The summed E-state index contributed by atoms with van der Waals surface area (Å²) in [5.41, 5.74) is 0. The van der Waals surface area contributed by atoms with Gasteiger partial charge in [0.15, 0.2) is 11.6 Å². The van der Waals surface area contributed by atoms with Crippen LogP contribution in [0, 0.1) is 23.3 Å². The quantitative estimate of drug-likeness (QED) is 0.0254. The van der Waals surface area contributed by atoms with E-state index in [1.54, 1.807) is 0 Å². The maximum absolute atomic E-state index is 13.5. The molecule has 0 radical (unpaired) electrons. The van der Waals surface area contributed by atoms with Crippen LogP contribution < -0.4 is 10.1 Å². The molecule has 1 amide bonds. The van der Waals surface area contributed by atoms with Crippen molar-refractivity contribution in [2.24, 2.45) is 0 Å². The first-order chi connectivity index (χ1) is 21.4. The first kappa shape index (κ1) is 39.5. The second-order valence-electron chi connectivity index (χ2n) is 10.5. The number of carbonyl (C=O) groups is 2. The van der Waals surface area contributed by atoms with Crippen molar-refractivity contribution in [2.75, 3.05) is 46.2 Å². The third kappa shape index (κ3) is 20.5. The van der Waals surface area contributed by atoms with E-state index in [9.17, 15) is 27.2 Å². The van der Waals surface area contributed by atoms with Crippen LogP contribution in [0.2, 0.25) is 0 Å². The average Bonchev–Trinajstić information content (AvgIpc) is 3.00. The summed E-state index contributed by atoms with van der Waals surface area (Å²) in [7, 11) is 0. The third-order valence-electron chi connectivity index (χ3n) is 6.72. The van der Waals surface area contributed by atoms with Crippen LogP contribution in [0.1, 0.15) is 103 Å². The zero-order valence-corrected chi connectivity index (χ0v) is 26.2. The number of nitrogens with one attached hydrogen (secondary N) is 1. The van der Waals surface area contributed by atoms with Crippen molar-refractivity contribution in [3.05, 3.63) is 41.5 Å². The van der Waals surface area contributed by atoms with Crippen LogP contribution >= 0.6 is 0 Å². The Morgan fingerprint density at radius 1 is 0.659 bits per heavy atom. The zero-order valence-electron chi connectivity index (χ0n) is 26.2. The van der Waals surface area contributed by atoms with Crippen molar-refractivity contribution in [1.29, 1.82) is 0 Å². The van der Waals surface area contributed by atoms with Crippen molar-refractivity contribution in [3.63, 3.8) is 0 Å². The number of carbonyl (C=O) groups excluding carboxylic acids is 2. The van der Waals surface area contributed by atoms with Gasteiger partial charge >= 0.3 is 5.97 Å². The minimum absolute atomic E-state index is 0.0233. The zero-order chi connectivity index (χ0) is 32.3. The molecule has 0 heterocycles. The van der Waals surface area contributed by atoms with E-state index in [1.165, 1.54) is 57.8 Å². The topological polar surface area (TPSA) is 83.1 Å². The molecule has 44 heavy (non-hydrogen) atoms. The standard InChI is InChI=1S/C33H51F4NO6/c1-2-3-4-5-6-7-8-9-10-11-12-13-14-15-16-17-29(39)38-19-21-42-23-25-43-24-22-41-20-18-30(40)44-33-31(36)27(34)26-28(35)32(33)37/h9-10,26H,2-8,11-25H2,1H3,(H,38,39)/b10-9-. The summed E-state index contributed by atoms with van der Waals surface area (Å²) >= 11 is 0. The lowest BCUT2D eigenvalue weighted by molar-refractivity contribution is -0.136. The van der Waals surface area contributed by atoms with Crippen molar-refractivity contribution in [2.45, 2.75) is 103 Å². The highest BCUT2D eigenvalue weighted by atomic mass is 19.2. The highest BCUT2D eigenvalue weighted by Crippen LogP contribution is 2.26. The van der Waals surface area contributed by atoms with Crippen LogP contribution in [-0.4, -0.2) is 58.1 Å². The van der Waals surface area contributed by atoms with Crippen molar-refractivity contribution < 1.29 is 46.1 Å². The fourth-order valence-corrected chi connectivity index (χ4v) is 4.21. The van der Waals surface area contributed by atoms with E-state index in [4.69, 9.17) is 14.2 Å². The number of allylic oxidation sites excluding steroid dienone is 2. The van der Waals surface area contributed by atoms with Gasteiger partial charge < -0.3 is 24.3 Å². The smallest absolute Gasteiger partial charge is 0.313 e. The highest BCUT2D eigenvalue weighted by molar-refractivity contribution is 5.75. The Morgan fingerprint density at radius 3 is 1.75 bits per heavy atom. The molecule has 0 aliphatic carbocycles. The second kappa shape index (κ2) is 26.9. The summed E-state index contributed by atoms with van der Waals surface area (Å²) in [6, 6.07) is 0.0233. The molecule has 0 bridgehead atoms. The Balaban J connectivity index is 1.84. The predicted octanol–water partition coefficient (Wildman–Crippen LogP) is 7.74. The molecule has 0 saturated carbocycles. The minimum atomic E-state index is -1.79. The Kier molecular flexibility index (Phi) is 24.1. The molecule has 7 nitrogen and oxygen atoms in total. The average molecular weight is 634 g/mol. The second-order valence-corrected chi connectivity index (χ2v) is 10.5. The Hall–Kier alpha value is -2.50. The van der Waals surface area contributed by atoms with Gasteiger partial charge in [-0.2, -0.15) is 8.78 Å². The lowest BCUT2D eigenvalue weighted by Gasteiger charge is -2.09. The fraction of sp³-hybridized carbons (Fsp3) is 0.697. The molecule has 0 aromatic heterocycles. The number of hydrogen-bond donors (Lipinski definition) is 1. The monoisotopic (exact) mass is 633 g/mol. The van der Waals surface area contributed by atoms with Gasteiger partial charge in [-0.1, -0.05) is 70.4 Å². The molecule has 11 heteroatoms. The molecule has 0 atom stereocenters. The van der Waals surface area contributed by atoms with Gasteiger partial charge in [-0.05, 0) is 32.1 Å². The van der Waals surface area contributed by atoms with Crippen LogP contribution in [0.25, 0.3) is 0 Å². The lowest BCUT2D eigenvalue weighted by atomic mass is 10.1. The number of esters is 1. The molecule has 0 aliphatic rings. The Bertz CT molecular complexity index is 921. The number of amides is 1. The lowest BCUT2D eigenvalue weighted by Crippen LogP contribution is -2.27. The summed E-state index contributed by atoms with van der Waals surface area (Å²) in [5, 5.41) is 2.84. The van der Waals surface area contributed by atoms with Crippen LogP contribution in [0.3, 0.4) is 0 Å². The molecule has 1 aromatic rings. The number of benzene rings is 1. The minimum Gasteiger partial charge on any atom is -0.420 e. The van der Waals surface area contributed by atoms with Crippen LogP contribution in [0.5, 0.6) is 5.75 Å². The van der Waals surface area contributed by atoms with Crippen LogP contribution in [0.15, 0.2) is 18.2 Å². The maximum atomic E-state index is 13.5. The molecule has 0 saturated heterocycles. The van der Waals surface area contributed by atoms with E-state index >= 15 is 0 Å². The molecule has 252 valence electrons. The Labute approximate surface area is 260 Å². The molecule has 0 unspecified atom stereocenters. The summed E-state index contributed by atoms with van der Waals surface area (Å²) in [4.78, 5) is 23.6. The molecular weight excluding hydrogens is 582 g/mol. The molecule has 0 fully saturated rings.